The second kappa shape index (κ2) is 7.38. The monoisotopic (exact) mass is 328 g/mol. The molecule has 0 spiro atoms. The van der Waals surface area contributed by atoms with Crippen LogP contribution in [0.2, 0.25) is 0 Å². The summed E-state index contributed by atoms with van der Waals surface area (Å²) < 4.78 is 11.2. The first-order chi connectivity index (χ1) is 11.6. The average molecular weight is 328 g/mol. The number of nitrogens with zero attached hydrogens (tertiary/aromatic N) is 2. The minimum absolute atomic E-state index is 0.576. The highest BCUT2D eigenvalue weighted by Gasteiger charge is 2.12. The summed E-state index contributed by atoms with van der Waals surface area (Å²) in [5.41, 5.74) is 1.82. The number of anilines is 3. The molecule has 0 aliphatic carbocycles. The van der Waals surface area contributed by atoms with Gasteiger partial charge in [0.15, 0.2) is 11.5 Å². The molecule has 1 aromatic heterocycles. The first kappa shape index (κ1) is 16.4. The van der Waals surface area contributed by atoms with Gasteiger partial charge in [0.2, 0.25) is 5.95 Å². The Morgan fingerprint density at radius 2 is 1.88 bits per heavy atom. The summed E-state index contributed by atoms with van der Waals surface area (Å²) in [7, 11) is 0. The van der Waals surface area contributed by atoms with Crippen molar-refractivity contribution in [2.75, 3.05) is 30.4 Å². The molecule has 0 saturated heterocycles. The standard InChI is InChI=1S/C18H24N4O2/c1-12(2)6-7-19-18-20-13(3)10-17(22-18)21-14-4-5-15-16(11-14)24-9-8-23-15/h4-5,10-12H,6-9H2,1-3H3,(H2,19,20,21,22). The third-order valence-electron chi connectivity index (χ3n) is 3.67. The molecule has 0 saturated carbocycles. The van der Waals surface area contributed by atoms with Crippen molar-refractivity contribution in [3.05, 3.63) is 30.0 Å². The van der Waals surface area contributed by atoms with Crippen LogP contribution in [-0.2, 0) is 0 Å². The van der Waals surface area contributed by atoms with Crippen molar-refractivity contribution in [1.29, 1.82) is 0 Å². The van der Waals surface area contributed by atoms with Crippen LogP contribution in [0.1, 0.15) is 26.0 Å². The van der Waals surface area contributed by atoms with E-state index >= 15 is 0 Å². The second-order valence-electron chi connectivity index (χ2n) is 6.31. The minimum Gasteiger partial charge on any atom is -0.486 e. The summed E-state index contributed by atoms with van der Waals surface area (Å²) in [6.45, 7) is 8.40. The van der Waals surface area contributed by atoms with E-state index in [2.05, 4.69) is 34.4 Å². The van der Waals surface area contributed by atoms with Crippen molar-refractivity contribution < 1.29 is 9.47 Å². The summed E-state index contributed by atoms with van der Waals surface area (Å²) >= 11 is 0. The van der Waals surface area contributed by atoms with Gasteiger partial charge in [0.1, 0.15) is 19.0 Å². The van der Waals surface area contributed by atoms with Crippen molar-refractivity contribution in [1.82, 2.24) is 9.97 Å². The maximum atomic E-state index is 5.61. The molecule has 6 heteroatoms. The Kier molecular flexibility index (Phi) is 5.03. The maximum Gasteiger partial charge on any atom is 0.224 e. The number of hydrogen-bond donors (Lipinski definition) is 2. The molecule has 1 aromatic carbocycles. The van der Waals surface area contributed by atoms with Crippen LogP contribution < -0.4 is 20.1 Å². The van der Waals surface area contributed by atoms with E-state index in [0.29, 0.717) is 25.1 Å². The molecule has 2 aromatic rings. The van der Waals surface area contributed by atoms with E-state index in [9.17, 15) is 0 Å². The van der Waals surface area contributed by atoms with Gasteiger partial charge in [-0.05, 0) is 31.4 Å². The van der Waals surface area contributed by atoms with Gasteiger partial charge in [-0.1, -0.05) is 13.8 Å². The predicted octanol–water partition coefficient (Wildman–Crippen LogP) is 3.76. The van der Waals surface area contributed by atoms with E-state index in [0.717, 1.165) is 41.7 Å². The lowest BCUT2D eigenvalue weighted by Gasteiger charge is -2.19. The number of nitrogens with one attached hydrogen (secondary N) is 2. The van der Waals surface area contributed by atoms with Gasteiger partial charge in [0.25, 0.3) is 0 Å². The highest BCUT2D eigenvalue weighted by atomic mass is 16.6. The molecule has 0 unspecified atom stereocenters. The van der Waals surface area contributed by atoms with Gasteiger partial charge in [-0.15, -0.1) is 0 Å². The fourth-order valence-electron chi connectivity index (χ4n) is 2.45. The number of benzene rings is 1. The zero-order valence-electron chi connectivity index (χ0n) is 14.4. The van der Waals surface area contributed by atoms with Crippen molar-refractivity contribution in [2.45, 2.75) is 27.2 Å². The Hall–Kier alpha value is -2.50. The molecule has 1 aliphatic rings. The van der Waals surface area contributed by atoms with Crippen molar-refractivity contribution in [3.8, 4) is 11.5 Å². The van der Waals surface area contributed by atoms with Crippen LogP contribution in [0.4, 0.5) is 17.5 Å². The van der Waals surface area contributed by atoms with Gasteiger partial charge in [-0.25, -0.2) is 4.98 Å². The molecule has 6 nitrogen and oxygen atoms in total. The smallest absolute Gasteiger partial charge is 0.224 e. The molecule has 3 rings (SSSR count). The van der Waals surface area contributed by atoms with Crippen LogP contribution in [0.5, 0.6) is 11.5 Å². The zero-order chi connectivity index (χ0) is 16.9. The molecule has 0 radical (unpaired) electrons. The molecule has 2 heterocycles. The van der Waals surface area contributed by atoms with Crippen LogP contribution in [0.25, 0.3) is 0 Å². The molecule has 0 atom stereocenters. The maximum absolute atomic E-state index is 5.61. The number of ether oxygens (including phenoxy) is 2. The first-order valence-electron chi connectivity index (χ1n) is 8.36. The van der Waals surface area contributed by atoms with Gasteiger partial charge in [-0.3, -0.25) is 0 Å². The third-order valence-corrected chi connectivity index (χ3v) is 3.67. The Morgan fingerprint density at radius 1 is 1.08 bits per heavy atom. The lowest BCUT2D eigenvalue weighted by atomic mass is 10.1. The Balaban J connectivity index is 1.71. The minimum atomic E-state index is 0.576. The second-order valence-corrected chi connectivity index (χ2v) is 6.31. The van der Waals surface area contributed by atoms with E-state index in [1.54, 1.807) is 0 Å². The molecule has 128 valence electrons. The summed E-state index contributed by atoms with van der Waals surface area (Å²) in [6.07, 6.45) is 1.09. The van der Waals surface area contributed by atoms with E-state index in [1.807, 2.05) is 31.2 Å². The van der Waals surface area contributed by atoms with E-state index in [-0.39, 0.29) is 0 Å². The third kappa shape index (κ3) is 4.28. The van der Waals surface area contributed by atoms with Crippen molar-refractivity contribution >= 4 is 17.5 Å². The van der Waals surface area contributed by atoms with Crippen LogP contribution in [0, 0.1) is 12.8 Å². The van der Waals surface area contributed by atoms with Gasteiger partial charge in [-0.2, -0.15) is 4.98 Å². The molecule has 0 fully saturated rings. The van der Waals surface area contributed by atoms with E-state index < -0.39 is 0 Å². The molecule has 1 aliphatic heterocycles. The lowest BCUT2D eigenvalue weighted by Crippen LogP contribution is -2.15. The average Bonchev–Trinajstić information content (AvgIpc) is 2.54. The predicted molar refractivity (Wildman–Crippen MR) is 95.4 cm³/mol. The lowest BCUT2D eigenvalue weighted by molar-refractivity contribution is 0.171. The topological polar surface area (TPSA) is 68.3 Å². The number of aryl methyl sites for hydroxylation is 1. The molecule has 0 bridgehead atoms. The van der Waals surface area contributed by atoms with Crippen LogP contribution in [-0.4, -0.2) is 29.7 Å². The summed E-state index contributed by atoms with van der Waals surface area (Å²) in [4.78, 5) is 8.97. The van der Waals surface area contributed by atoms with Gasteiger partial charge in [0.05, 0.1) is 0 Å². The highest BCUT2D eigenvalue weighted by molar-refractivity contribution is 5.62. The van der Waals surface area contributed by atoms with Crippen LogP contribution in [0.15, 0.2) is 24.3 Å². The normalized spacial score (nSPS) is 13.0. The molecular formula is C18H24N4O2. The van der Waals surface area contributed by atoms with Gasteiger partial charge in [0, 0.05) is 30.1 Å². The molecule has 0 amide bonds. The van der Waals surface area contributed by atoms with Gasteiger partial charge >= 0.3 is 0 Å². The molecular weight excluding hydrogens is 304 g/mol. The van der Waals surface area contributed by atoms with E-state index in [1.165, 1.54) is 0 Å². The van der Waals surface area contributed by atoms with Crippen molar-refractivity contribution in [2.24, 2.45) is 5.92 Å². The number of aromatic nitrogens is 2. The summed E-state index contributed by atoms with van der Waals surface area (Å²) in [6, 6.07) is 7.71. The fraction of sp³-hybridized carbons (Fsp3) is 0.444. The van der Waals surface area contributed by atoms with Crippen LogP contribution in [0.3, 0.4) is 0 Å². The Morgan fingerprint density at radius 3 is 2.67 bits per heavy atom. The molecule has 24 heavy (non-hydrogen) atoms. The van der Waals surface area contributed by atoms with Gasteiger partial charge < -0.3 is 20.1 Å². The summed E-state index contributed by atoms with van der Waals surface area (Å²) in [5.74, 6) is 3.59. The quantitative estimate of drug-likeness (QED) is 0.841. The first-order valence-corrected chi connectivity index (χ1v) is 8.36. The highest BCUT2D eigenvalue weighted by Crippen LogP contribution is 2.33. The van der Waals surface area contributed by atoms with Crippen LogP contribution >= 0.6 is 0 Å². The summed E-state index contributed by atoms with van der Waals surface area (Å²) in [5, 5.41) is 6.59. The largest absolute Gasteiger partial charge is 0.486 e. The number of rotatable bonds is 6. The number of fused-ring (bicyclic) bond motifs is 1. The Bertz CT molecular complexity index is 703. The molecule has 2 N–H and O–H groups in total. The Labute approximate surface area is 142 Å². The zero-order valence-corrected chi connectivity index (χ0v) is 14.4. The fourth-order valence-corrected chi connectivity index (χ4v) is 2.45. The number of hydrogen-bond acceptors (Lipinski definition) is 6. The SMILES string of the molecule is Cc1cc(Nc2ccc3c(c2)OCCO3)nc(NCCC(C)C)n1. The van der Waals surface area contributed by atoms with E-state index in [4.69, 9.17) is 9.47 Å². The van der Waals surface area contributed by atoms with Crippen molar-refractivity contribution in [3.63, 3.8) is 0 Å².